The monoisotopic (exact) mass is 248 g/mol. The summed E-state index contributed by atoms with van der Waals surface area (Å²) in [4.78, 5) is 11.6. The lowest BCUT2D eigenvalue weighted by molar-refractivity contribution is 0.236. The van der Waals surface area contributed by atoms with Gasteiger partial charge < -0.3 is 10.6 Å². The molecular formula is C15H24N2O. The standard InChI is InChI=1S/C15H24N2O/c1-3-4-6-9-13(2)17-15(18)16-12-14-10-7-5-8-11-14/h5,7-8,10-11,13H,3-4,6,9,12H2,1-2H3,(H2,16,17,18). The van der Waals surface area contributed by atoms with Crippen molar-refractivity contribution in [2.75, 3.05) is 0 Å². The molecule has 0 spiro atoms. The molecule has 0 aromatic heterocycles. The predicted molar refractivity (Wildman–Crippen MR) is 75.4 cm³/mol. The average Bonchev–Trinajstić information content (AvgIpc) is 2.38. The molecule has 18 heavy (non-hydrogen) atoms. The Hall–Kier alpha value is -1.51. The van der Waals surface area contributed by atoms with Crippen molar-refractivity contribution in [2.45, 2.75) is 52.1 Å². The second-order valence-corrected chi connectivity index (χ2v) is 4.71. The number of nitrogens with one attached hydrogen (secondary N) is 2. The maximum absolute atomic E-state index is 11.6. The van der Waals surface area contributed by atoms with Crippen molar-refractivity contribution >= 4 is 6.03 Å². The Morgan fingerprint density at radius 1 is 1.22 bits per heavy atom. The Morgan fingerprint density at radius 3 is 2.61 bits per heavy atom. The van der Waals surface area contributed by atoms with Crippen molar-refractivity contribution in [3.05, 3.63) is 35.9 Å². The minimum absolute atomic E-state index is 0.0807. The molecule has 0 saturated carbocycles. The third kappa shape index (κ3) is 6.28. The van der Waals surface area contributed by atoms with Gasteiger partial charge in [-0.3, -0.25) is 0 Å². The minimum Gasteiger partial charge on any atom is -0.336 e. The van der Waals surface area contributed by atoms with Gasteiger partial charge in [-0.1, -0.05) is 56.5 Å². The number of amides is 2. The Morgan fingerprint density at radius 2 is 1.94 bits per heavy atom. The highest BCUT2D eigenvalue weighted by Crippen LogP contribution is 2.02. The van der Waals surface area contributed by atoms with E-state index in [0.717, 1.165) is 12.0 Å². The van der Waals surface area contributed by atoms with E-state index < -0.39 is 0 Å². The topological polar surface area (TPSA) is 41.1 Å². The van der Waals surface area contributed by atoms with Gasteiger partial charge in [0.05, 0.1) is 0 Å². The van der Waals surface area contributed by atoms with Crippen LogP contribution in [-0.4, -0.2) is 12.1 Å². The Labute approximate surface area is 110 Å². The summed E-state index contributed by atoms with van der Waals surface area (Å²) in [5.74, 6) is 0. The van der Waals surface area contributed by atoms with Crippen LogP contribution in [0.2, 0.25) is 0 Å². The largest absolute Gasteiger partial charge is 0.336 e. The van der Waals surface area contributed by atoms with Crippen LogP contribution in [0.15, 0.2) is 30.3 Å². The van der Waals surface area contributed by atoms with E-state index in [9.17, 15) is 4.79 Å². The van der Waals surface area contributed by atoms with Crippen LogP contribution in [0.25, 0.3) is 0 Å². The molecule has 2 amide bonds. The van der Waals surface area contributed by atoms with Crippen molar-refractivity contribution in [3.8, 4) is 0 Å². The molecule has 0 aliphatic carbocycles. The Balaban J connectivity index is 2.17. The third-order valence-corrected chi connectivity index (χ3v) is 2.91. The van der Waals surface area contributed by atoms with E-state index in [-0.39, 0.29) is 12.1 Å². The molecule has 3 heteroatoms. The summed E-state index contributed by atoms with van der Waals surface area (Å²) in [6.07, 6.45) is 4.67. The van der Waals surface area contributed by atoms with Gasteiger partial charge in [0.1, 0.15) is 0 Å². The molecule has 2 N–H and O–H groups in total. The number of carbonyl (C=O) groups is 1. The molecule has 0 aliphatic rings. The second-order valence-electron chi connectivity index (χ2n) is 4.71. The first-order chi connectivity index (χ1) is 8.72. The van der Waals surface area contributed by atoms with Crippen molar-refractivity contribution in [3.63, 3.8) is 0 Å². The first-order valence-electron chi connectivity index (χ1n) is 6.80. The summed E-state index contributed by atoms with van der Waals surface area (Å²) < 4.78 is 0. The lowest BCUT2D eigenvalue weighted by atomic mass is 10.1. The van der Waals surface area contributed by atoms with Crippen LogP contribution < -0.4 is 10.6 Å². The molecule has 0 heterocycles. The van der Waals surface area contributed by atoms with Crippen LogP contribution in [0.3, 0.4) is 0 Å². The van der Waals surface area contributed by atoms with E-state index in [1.165, 1.54) is 19.3 Å². The van der Waals surface area contributed by atoms with Crippen molar-refractivity contribution < 1.29 is 4.79 Å². The summed E-state index contributed by atoms with van der Waals surface area (Å²) in [6, 6.07) is 10.1. The van der Waals surface area contributed by atoms with Crippen LogP contribution in [0.4, 0.5) is 4.79 Å². The van der Waals surface area contributed by atoms with Gasteiger partial charge >= 0.3 is 6.03 Å². The fourth-order valence-electron chi connectivity index (χ4n) is 1.83. The van der Waals surface area contributed by atoms with Gasteiger partial charge in [0, 0.05) is 12.6 Å². The summed E-state index contributed by atoms with van der Waals surface area (Å²) >= 11 is 0. The summed E-state index contributed by atoms with van der Waals surface area (Å²) in [7, 11) is 0. The second kappa shape index (κ2) is 8.56. The molecule has 0 bridgehead atoms. The quantitative estimate of drug-likeness (QED) is 0.713. The molecule has 1 aromatic carbocycles. The SMILES string of the molecule is CCCCCC(C)NC(=O)NCc1ccccc1. The zero-order valence-electron chi connectivity index (χ0n) is 11.4. The van der Waals surface area contributed by atoms with E-state index in [0.29, 0.717) is 6.54 Å². The fraction of sp³-hybridized carbons (Fsp3) is 0.533. The van der Waals surface area contributed by atoms with Crippen LogP contribution >= 0.6 is 0 Å². The fourth-order valence-corrected chi connectivity index (χ4v) is 1.83. The van der Waals surface area contributed by atoms with E-state index >= 15 is 0 Å². The highest BCUT2D eigenvalue weighted by molar-refractivity contribution is 5.74. The van der Waals surface area contributed by atoms with E-state index in [2.05, 4.69) is 24.5 Å². The van der Waals surface area contributed by atoms with Gasteiger partial charge in [0.2, 0.25) is 0 Å². The molecule has 3 nitrogen and oxygen atoms in total. The third-order valence-electron chi connectivity index (χ3n) is 2.91. The normalized spacial score (nSPS) is 11.9. The molecule has 100 valence electrons. The molecule has 0 fully saturated rings. The molecular weight excluding hydrogens is 224 g/mol. The average molecular weight is 248 g/mol. The predicted octanol–water partition coefficient (Wildman–Crippen LogP) is 3.45. The molecule has 0 aliphatic heterocycles. The molecule has 1 unspecified atom stereocenters. The number of carbonyl (C=O) groups excluding carboxylic acids is 1. The van der Waals surface area contributed by atoms with E-state index in [1.54, 1.807) is 0 Å². The highest BCUT2D eigenvalue weighted by Gasteiger charge is 2.05. The van der Waals surface area contributed by atoms with E-state index in [4.69, 9.17) is 0 Å². The first kappa shape index (κ1) is 14.6. The Kier molecular flexibility index (Phi) is 6.92. The summed E-state index contributed by atoms with van der Waals surface area (Å²) in [5.41, 5.74) is 1.12. The van der Waals surface area contributed by atoms with Crippen LogP contribution in [0.1, 0.15) is 45.1 Å². The van der Waals surface area contributed by atoms with E-state index in [1.807, 2.05) is 30.3 Å². The number of benzene rings is 1. The van der Waals surface area contributed by atoms with Crippen molar-refractivity contribution in [1.29, 1.82) is 0 Å². The lowest BCUT2D eigenvalue weighted by Crippen LogP contribution is -2.40. The molecule has 0 saturated heterocycles. The summed E-state index contributed by atoms with van der Waals surface area (Å²) in [6.45, 7) is 4.82. The smallest absolute Gasteiger partial charge is 0.315 e. The van der Waals surface area contributed by atoms with Gasteiger partial charge in [0.15, 0.2) is 0 Å². The van der Waals surface area contributed by atoms with Crippen LogP contribution in [-0.2, 0) is 6.54 Å². The van der Waals surface area contributed by atoms with Crippen LogP contribution in [0.5, 0.6) is 0 Å². The van der Waals surface area contributed by atoms with Gasteiger partial charge in [-0.25, -0.2) is 4.79 Å². The number of rotatable bonds is 7. The van der Waals surface area contributed by atoms with Crippen molar-refractivity contribution in [2.24, 2.45) is 0 Å². The summed E-state index contributed by atoms with van der Waals surface area (Å²) in [5, 5.41) is 5.83. The number of hydrogen-bond donors (Lipinski definition) is 2. The zero-order chi connectivity index (χ0) is 13.2. The highest BCUT2D eigenvalue weighted by atomic mass is 16.2. The van der Waals surface area contributed by atoms with Gasteiger partial charge in [0.25, 0.3) is 0 Å². The zero-order valence-corrected chi connectivity index (χ0v) is 11.4. The van der Waals surface area contributed by atoms with Crippen molar-refractivity contribution in [1.82, 2.24) is 10.6 Å². The molecule has 1 rings (SSSR count). The number of unbranched alkanes of at least 4 members (excludes halogenated alkanes) is 2. The lowest BCUT2D eigenvalue weighted by Gasteiger charge is -2.14. The first-order valence-corrected chi connectivity index (χ1v) is 6.80. The van der Waals surface area contributed by atoms with Gasteiger partial charge in [-0.05, 0) is 18.9 Å². The number of urea groups is 1. The Bertz CT molecular complexity index is 338. The minimum atomic E-state index is -0.0807. The molecule has 0 radical (unpaired) electrons. The van der Waals surface area contributed by atoms with Crippen LogP contribution in [0, 0.1) is 0 Å². The van der Waals surface area contributed by atoms with Gasteiger partial charge in [-0.15, -0.1) is 0 Å². The number of hydrogen-bond acceptors (Lipinski definition) is 1. The maximum atomic E-state index is 11.6. The van der Waals surface area contributed by atoms with Gasteiger partial charge in [-0.2, -0.15) is 0 Å². The maximum Gasteiger partial charge on any atom is 0.315 e. The molecule has 1 atom stereocenters. The molecule has 1 aromatic rings.